The van der Waals surface area contributed by atoms with Gasteiger partial charge in [0.1, 0.15) is 0 Å². The van der Waals surface area contributed by atoms with Crippen molar-refractivity contribution in [2.75, 3.05) is 31.3 Å². The average Bonchev–Trinajstić information content (AvgIpc) is 3.29. The van der Waals surface area contributed by atoms with Crippen LogP contribution in [0.4, 0.5) is 5.69 Å². The molecule has 0 bridgehead atoms. The first-order valence-electron chi connectivity index (χ1n) is 7.39. The smallest absolute Gasteiger partial charge is 0.193 e. The lowest BCUT2D eigenvalue weighted by atomic mass is 10.3. The maximum absolute atomic E-state index is 11.6. The zero-order chi connectivity index (χ0) is 15.6. The number of hydrogen-bond acceptors (Lipinski definition) is 4. The van der Waals surface area contributed by atoms with Crippen molar-refractivity contribution in [2.45, 2.75) is 24.0 Å². The van der Waals surface area contributed by atoms with Gasteiger partial charge < -0.3 is 20.5 Å². The van der Waals surface area contributed by atoms with E-state index in [4.69, 9.17) is 15.2 Å². The molecule has 1 aliphatic heterocycles. The summed E-state index contributed by atoms with van der Waals surface area (Å²) in [6.07, 6.45) is 4.51. The van der Waals surface area contributed by atoms with Gasteiger partial charge in [-0.15, -0.1) is 24.0 Å². The number of anilines is 1. The summed E-state index contributed by atoms with van der Waals surface area (Å²) in [6, 6.07) is 5.59. The first kappa shape index (κ1) is 18.3. The third-order valence-electron chi connectivity index (χ3n) is 3.97. The summed E-state index contributed by atoms with van der Waals surface area (Å²) in [5.41, 5.74) is 6.71. The molecule has 6 nitrogen and oxygen atoms in total. The second-order valence-electron chi connectivity index (χ2n) is 5.68. The summed E-state index contributed by atoms with van der Waals surface area (Å²) in [7, 11) is -0.858. The van der Waals surface area contributed by atoms with Gasteiger partial charge in [-0.3, -0.25) is 9.20 Å². The van der Waals surface area contributed by atoms with Gasteiger partial charge in [-0.05, 0) is 25.0 Å². The number of halogens is 1. The minimum Gasteiger partial charge on any atom is -0.490 e. The molecule has 1 atom stereocenters. The maximum Gasteiger partial charge on any atom is 0.193 e. The van der Waals surface area contributed by atoms with Crippen molar-refractivity contribution in [1.82, 2.24) is 0 Å². The van der Waals surface area contributed by atoms with E-state index in [2.05, 4.69) is 10.3 Å². The molecular weight excluding hydrogens is 429 g/mol. The quantitative estimate of drug-likeness (QED) is 0.416. The number of nitrogens with two attached hydrogens (primary N) is 1. The Morgan fingerprint density at radius 3 is 2.70 bits per heavy atom. The molecule has 0 radical (unpaired) electrons. The van der Waals surface area contributed by atoms with Crippen molar-refractivity contribution in [2.24, 2.45) is 10.7 Å². The van der Waals surface area contributed by atoms with E-state index < -0.39 is 10.8 Å². The number of aliphatic imine (C=N–C) groups is 1. The van der Waals surface area contributed by atoms with Crippen LogP contribution < -0.4 is 20.5 Å². The molecule has 1 heterocycles. The predicted octanol–water partition coefficient (Wildman–Crippen LogP) is 2.10. The number of nitrogens with zero attached hydrogens (tertiary/aromatic N) is 1. The Labute approximate surface area is 155 Å². The van der Waals surface area contributed by atoms with Crippen molar-refractivity contribution in [3.63, 3.8) is 0 Å². The molecule has 8 heteroatoms. The molecule has 1 aromatic carbocycles. The molecule has 23 heavy (non-hydrogen) atoms. The monoisotopic (exact) mass is 451 g/mol. The molecular formula is C15H22IN3O3S. The van der Waals surface area contributed by atoms with Gasteiger partial charge in [-0.25, -0.2) is 0 Å². The average molecular weight is 451 g/mol. The van der Waals surface area contributed by atoms with Gasteiger partial charge in [0.05, 0.1) is 24.5 Å². The molecule has 2 aliphatic rings. The summed E-state index contributed by atoms with van der Waals surface area (Å²) in [4.78, 5) is 4.32. The number of rotatable bonds is 4. The van der Waals surface area contributed by atoms with Crippen LogP contribution in [-0.2, 0) is 10.8 Å². The minimum absolute atomic E-state index is 0. The molecule has 128 valence electrons. The maximum atomic E-state index is 11.6. The highest BCUT2D eigenvalue weighted by Crippen LogP contribution is 2.41. The second kappa shape index (κ2) is 7.69. The molecule has 0 aromatic heterocycles. The highest BCUT2D eigenvalue weighted by atomic mass is 127. The van der Waals surface area contributed by atoms with E-state index in [1.807, 2.05) is 18.2 Å². The largest absolute Gasteiger partial charge is 0.490 e. The van der Waals surface area contributed by atoms with Crippen LogP contribution in [0.1, 0.15) is 19.3 Å². The zero-order valence-corrected chi connectivity index (χ0v) is 16.2. The van der Waals surface area contributed by atoms with Gasteiger partial charge in [-0.1, -0.05) is 0 Å². The van der Waals surface area contributed by atoms with Crippen LogP contribution in [0.3, 0.4) is 0 Å². The van der Waals surface area contributed by atoms with E-state index in [0.29, 0.717) is 31.5 Å². The van der Waals surface area contributed by atoms with E-state index in [-0.39, 0.29) is 28.7 Å². The third kappa shape index (κ3) is 4.50. The first-order valence-corrected chi connectivity index (χ1v) is 8.95. The Morgan fingerprint density at radius 1 is 1.35 bits per heavy atom. The van der Waals surface area contributed by atoms with E-state index in [1.54, 1.807) is 6.26 Å². The first-order chi connectivity index (χ1) is 10.6. The van der Waals surface area contributed by atoms with Gasteiger partial charge in [0.25, 0.3) is 0 Å². The zero-order valence-electron chi connectivity index (χ0n) is 13.0. The Balaban J connectivity index is 0.00000192. The van der Waals surface area contributed by atoms with Gasteiger partial charge in [0, 0.05) is 35.2 Å². The highest BCUT2D eigenvalue weighted by molar-refractivity contribution is 14.0. The number of benzene rings is 1. The fourth-order valence-electron chi connectivity index (χ4n) is 2.33. The van der Waals surface area contributed by atoms with Crippen LogP contribution in [0, 0.1) is 0 Å². The minimum atomic E-state index is -0.858. The Kier molecular flexibility index (Phi) is 6.12. The molecule has 0 amide bonds. The lowest BCUT2D eigenvalue weighted by molar-refractivity contribution is 0.297. The van der Waals surface area contributed by atoms with Crippen molar-refractivity contribution < 1.29 is 13.7 Å². The van der Waals surface area contributed by atoms with E-state index >= 15 is 0 Å². The van der Waals surface area contributed by atoms with Gasteiger partial charge in [0.2, 0.25) is 0 Å². The summed E-state index contributed by atoms with van der Waals surface area (Å²) in [5, 5.41) is 3.04. The lowest BCUT2D eigenvalue weighted by Gasteiger charge is -2.12. The standard InChI is InChI=1S/C15H21N3O3S.HI/c1-22(19)15(5-6-15)10-17-14(16)18-11-3-4-12-13(9-11)21-8-2-7-20-12;/h3-4,9H,2,5-8,10H2,1H3,(H3,16,17,18);1H. The summed E-state index contributed by atoms with van der Waals surface area (Å²) < 4.78 is 22.7. The SMILES string of the molecule is CS(=O)C1(CN=C(N)Nc2ccc3c(c2)OCCCO3)CC1.I. The summed E-state index contributed by atoms with van der Waals surface area (Å²) >= 11 is 0. The van der Waals surface area contributed by atoms with Crippen LogP contribution >= 0.6 is 24.0 Å². The van der Waals surface area contributed by atoms with Crippen molar-refractivity contribution in [3.8, 4) is 11.5 Å². The normalized spacial score (nSPS) is 20.0. The van der Waals surface area contributed by atoms with Gasteiger partial charge in [-0.2, -0.15) is 0 Å². The van der Waals surface area contributed by atoms with Crippen molar-refractivity contribution >= 4 is 46.4 Å². The molecule has 3 rings (SSSR count). The lowest BCUT2D eigenvalue weighted by Crippen LogP contribution is -2.27. The van der Waals surface area contributed by atoms with Crippen LogP contribution in [-0.4, -0.2) is 40.9 Å². The Morgan fingerprint density at radius 2 is 2.04 bits per heavy atom. The fourth-order valence-corrected chi connectivity index (χ4v) is 3.26. The molecule has 0 spiro atoms. The van der Waals surface area contributed by atoms with Crippen LogP contribution in [0.2, 0.25) is 0 Å². The topological polar surface area (TPSA) is 85.9 Å². The van der Waals surface area contributed by atoms with Crippen LogP contribution in [0.25, 0.3) is 0 Å². The molecule has 0 saturated heterocycles. The second-order valence-corrected chi connectivity index (χ2v) is 7.45. The molecule has 1 aliphatic carbocycles. The molecule has 3 N–H and O–H groups in total. The molecule has 1 unspecified atom stereocenters. The summed E-state index contributed by atoms with van der Waals surface area (Å²) in [6.45, 7) is 1.81. The number of guanidine groups is 1. The summed E-state index contributed by atoms with van der Waals surface area (Å²) in [5.74, 6) is 1.78. The molecule has 1 saturated carbocycles. The van der Waals surface area contributed by atoms with Crippen molar-refractivity contribution in [1.29, 1.82) is 0 Å². The van der Waals surface area contributed by atoms with Crippen LogP contribution in [0.15, 0.2) is 23.2 Å². The molecule has 1 aromatic rings. The van der Waals surface area contributed by atoms with Gasteiger partial charge >= 0.3 is 0 Å². The number of fused-ring (bicyclic) bond motifs is 1. The van der Waals surface area contributed by atoms with E-state index in [1.165, 1.54) is 0 Å². The fraction of sp³-hybridized carbons (Fsp3) is 0.533. The van der Waals surface area contributed by atoms with Gasteiger partial charge in [0.15, 0.2) is 17.5 Å². The predicted molar refractivity (Wildman–Crippen MR) is 104 cm³/mol. The van der Waals surface area contributed by atoms with Crippen molar-refractivity contribution in [3.05, 3.63) is 18.2 Å². The Hall–Kier alpha value is -1.03. The van der Waals surface area contributed by atoms with E-state index in [0.717, 1.165) is 30.7 Å². The number of hydrogen-bond donors (Lipinski definition) is 2. The highest BCUT2D eigenvalue weighted by Gasteiger charge is 2.46. The number of nitrogens with one attached hydrogen (secondary N) is 1. The molecule has 1 fully saturated rings. The number of ether oxygens (including phenoxy) is 2. The van der Waals surface area contributed by atoms with Crippen LogP contribution in [0.5, 0.6) is 11.5 Å². The Bertz CT molecular complexity index is 620. The third-order valence-corrected chi connectivity index (χ3v) is 5.73. The van der Waals surface area contributed by atoms with E-state index in [9.17, 15) is 4.21 Å².